The first kappa shape index (κ1) is 24.8. The smallest absolute Gasteiger partial charge is 0.339 e. The predicted molar refractivity (Wildman–Crippen MR) is 144 cm³/mol. The van der Waals surface area contributed by atoms with E-state index in [0.29, 0.717) is 16.9 Å². The number of fused-ring (bicyclic) bond motifs is 1. The summed E-state index contributed by atoms with van der Waals surface area (Å²) in [5.41, 5.74) is 2.02. The second-order valence-corrected chi connectivity index (χ2v) is 9.74. The minimum atomic E-state index is -0.485. The molecular formula is C31H31NO5. The van der Waals surface area contributed by atoms with Crippen LogP contribution in [0.25, 0.3) is 11.0 Å². The fraction of sp³-hybridized carbons (Fsp3) is 0.290. The van der Waals surface area contributed by atoms with Crippen LogP contribution in [0.2, 0.25) is 0 Å². The fourth-order valence-corrected chi connectivity index (χ4v) is 4.73. The van der Waals surface area contributed by atoms with E-state index in [9.17, 15) is 9.59 Å². The number of piperidine rings is 1. The summed E-state index contributed by atoms with van der Waals surface area (Å²) in [6.45, 7) is 3.92. The zero-order valence-corrected chi connectivity index (χ0v) is 21.2. The number of aryl methyl sites for hydroxylation is 1. The maximum absolute atomic E-state index is 12.9. The zero-order chi connectivity index (χ0) is 25.8. The molecule has 1 fully saturated rings. The summed E-state index contributed by atoms with van der Waals surface area (Å²) in [5, 5.41) is 0.786. The summed E-state index contributed by atoms with van der Waals surface area (Å²) in [5.74, 6) is 2.07. The standard InChI is InChI=1S/C31H31NO5/c1-21-29(36-27-13-15-32(2)16-14-27)12-11-23-19-24(31(34)37-30(21)23)20-25(33)17-22-7-6-10-28(18-22)35-26-8-4-3-5-9-26/h3-12,18-19,27H,13-17,20H2,1-2H3. The molecule has 1 aliphatic rings. The van der Waals surface area contributed by atoms with Crippen molar-refractivity contribution in [3.63, 3.8) is 0 Å². The first-order valence-corrected chi connectivity index (χ1v) is 12.7. The Morgan fingerprint density at radius 3 is 2.49 bits per heavy atom. The third kappa shape index (κ3) is 6.09. The van der Waals surface area contributed by atoms with Crippen molar-refractivity contribution in [1.29, 1.82) is 0 Å². The number of benzene rings is 3. The number of carbonyl (C=O) groups excluding carboxylic acids is 1. The highest BCUT2D eigenvalue weighted by Crippen LogP contribution is 2.29. The third-order valence-electron chi connectivity index (χ3n) is 6.80. The van der Waals surface area contributed by atoms with Gasteiger partial charge in [0.1, 0.15) is 34.7 Å². The van der Waals surface area contributed by atoms with Crippen molar-refractivity contribution in [3.05, 3.63) is 99.9 Å². The number of carbonyl (C=O) groups is 1. The molecule has 4 aromatic rings. The van der Waals surface area contributed by atoms with Gasteiger partial charge in [-0.15, -0.1) is 0 Å². The van der Waals surface area contributed by atoms with Crippen LogP contribution in [0.1, 0.15) is 29.5 Å². The van der Waals surface area contributed by atoms with Crippen LogP contribution in [0.5, 0.6) is 17.2 Å². The van der Waals surface area contributed by atoms with Gasteiger partial charge in [-0.2, -0.15) is 0 Å². The van der Waals surface area contributed by atoms with E-state index < -0.39 is 5.63 Å². The first-order chi connectivity index (χ1) is 17.9. The molecule has 1 aromatic heterocycles. The highest BCUT2D eigenvalue weighted by atomic mass is 16.5. The predicted octanol–water partition coefficient (Wildman–Crippen LogP) is 5.72. The Kier molecular flexibility index (Phi) is 7.37. The number of likely N-dealkylation sites (tertiary alicyclic amines) is 1. The normalized spacial score (nSPS) is 14.5. The molecule has 6 heteroatoms. The average Bonchev–Trinajstić information content (AvgIpc) is 2.89. The summed E-state index contributed by atoms with van der Waals surface area (Å²) in [7, 11) is 2.12. The van der Waals surface area contributed by atoms with E-state index in [4.69, 9.17) is 13.9 Å². The SMILES string of the molecule is Cc1c(OC2CCN(C)CC2)ccc2cc(CC(=O)Cc3cccc(Oc4ccccc4)c3)c(=O)oc12. The molecule has 0 saturated carbocycles. The number of para-hydroxylation sites is 1. The van der Waals surface area contributed by atoms with Crippen LogP contribution in [0.4, 0.5) is 0 Å². The van der Waals surface area contributed by atoms with Crippen molar-refractivity contribution in [2.45, 2.75) is 38.7 Å². The molecular weight excluding hydrogens is 466 g/mol. The number of ketones is 1. The van der Waals surface area contributed by atoms with Crippen molar-refractivity contribution in [2.75, 3.05) is 20.1 Å². The minimum absolute atomic E-state index is 0.00886. The van der Waals surface area contributed by atoms with Crippen LogP contribution >= 0.6 is 0 Å². The molecule has 1 aliphatic heterocycles. The van der Waals surface area contributed by atoms with E-state index >= 15 is 0 Å². The van der Waals surface area contributed by atoms with E-state index in [1.807, 2.05) is 73.7 Å². The first-order valence-electron chi connectivity index (χ1n) is 12.7. The Morgan fingerprint density at radius 1 is 0.946 bits per heavy atom. The Morgan fingerprint density at radius 2 is 1.70 bits per heavy atom. The monoisotopic (exact) mass is 497 g/mol. The second-order valence-electron chi connectivity index (χ2n) is 9.74. The van der Waals surface area contributed by atoms with Crippen molar-refractivity contribution < 1.29 is 18.7 Å². The van der Waals surface area contributed by atoms with Crippen LogP contribution < -0.4 is 15.1 Å². The molecule has 0 radical (unpaired) electrons. The highest BCUT2D eigenvalue weighted by Gasteiger charge is 2.20. The van der Waals surface area contributed by atoms with Gasteiger partial charge in [-0.1, -0.05) is 30.3 Å². The van der Waals surface area contributed by atoms with Crippen LogP contribution in [0.15, 0.2) is 82.0 Å². The Bertz CT molecular complexity index is 1450. The van der Waals surface area contributed by atoms with Gasteiger partial charge in [-0.3, -0.25) is 4.79 Å². The number of ether oxygens (including phenoxy) is 2. The number of hydrogen-bond donors (Lipinski definition) is 0. The molecule has 5 rings (SSSR count). The van der Waals surface area contributed by atoms with E-state index in [1.165, 1.54) is 0 Å². The largest absolute Gasteiger partial charge is 0.490 e. The Balaban J connectivity index is 1.27. The molecule has 6 nitrogen and oxygen atoms in total. The lowest BCUT2D eigenvalue weighted by Crippen LogP contribution is -2.35. The summed E-state index contributed by atoms with van der Waals surface area (Å²) in [6.07, 6.45) is 2.31. The van der Waals surface area contributed by atoms with Crippen LogP contribution in [-0.4, -0.2) is 36.9 Å². The summed E-state index contributed by atoms with van der Waals surface area (Å²) in [4.78, 5) is 27.9. The number of hydrogen-bond acceptors (Lipinski definition) is 6. The maximum Gasteiger partial charge on any atom is 0.339 e. The van der Waals surface area contributed by atoms with Gasteiger partial charge in [0.15, 0.2) is 0 Å². The molecule has 37 heavy (non-hydrogen) atoms. The highest BCUT2D eigenvalue weighted by molar-refractivity contribution is 5.86. The summed E-state index contributed by atoms with van der Waals surface area (Å²) in [6, 6.07) is 22.5. The number of nitrogens with zero attached hydrogens (tertiary/aromatic N) is 1. The number of rotatable bonds is 8. The van der Waals surface area contributed by atoms with Crippen LogP contribution in [-0.2, 0) is 17.6 Å². The van der Waals surface area contributed by atoms with Gasteiger partial charge in [0.05, 0.1) is 0 Å². The Labute approximate surface area is 216 Å². The van der Waals surface area contributed by atoms with Gasteiger partial charge in [0, 0.05) is 42.4 Å². The van der Waals surface area contributed by atoms with Gasteiger partial charge in [-0.05, 0) is 74.8 Å². The maximum atomic E-state index is 12.9. The fourth-order valence-electron chi connectivity index (χ4n) is 4.73. The lowest BCUT2D eigenvalue weighted by Gasteiger charge is -2.29. The minimum Gasteiger partial charge on any atom is -0.490 e. The van der Waals surface area contributed by atoms with E-state index in [2.05, 4.69) is 11.9 Å². The van der Waals surface area contributed by atoms with Gasteiger partial charge in [-0.25, -0.2) is 4.79 Å². The third-order valence-corrected chi connectivity index (χ3v) is 6.80. The molecule has 0 unspecified atom stereocenters. The molecule has 0 spiro atoms. The van der Waals surface area contributed by atoms with Crippen molar-refractivity contribution >= 4 is 16.8 Å². The summed E-state index contributed by atoms with van der Waals surface area (Å²) >= 11 is 0. The van der Waals surface area contributed by atoms with E-state index in [1.54, 1.807) is 6.07 Å². The van der Waals surface area contributed by atoms with Crippen LogP contribution in [0, 0.1) is 6.92 Å². The molecule has 0 amide bonds. The molecule has 190 valence electrons. The molecule has 0 bridgehead atoms. The zero-order valence-electron chi connectivity index (χ0n) is 21.2. The van der Waals surface area contributed by atoms with Gasteiger partial charge < -0.3 is 18.8 Å². The quantitative estimate of drug-likeness (QED) is 0.290. The molecule has 1 saturated heterocycles. The number of Topliss-reactive ketones (excluding diaryl/α,β-unsaturated/α-hetero) is 1. The lowest BCUT2D eigenvalue weighted by atomic mass is 10.0. The average molecular weight is 498 g/mol. The molecule has 0 N–H and O–H groups in total. The van der Waals surface area contributed by atoms with Crippen LogP contribution in [0.3, 0.4) is 0 Å². The van der Waals surface area contributed by atoms with E-state index in [-0.39, 0.29) is 24.7 Å². The Hall–Kier alpha value is -3.90. The molecule has 0 aliphatic carbocycles. The topological polar surface area (TPSA) is 69.0 Å². The van der Waals surface area contributed by atoms with Gasteiger partial charge in [0.25, 0.3) is 0 Å². The van der Waals surface area contributed by atoms with Crippen molar-refractivity contribution in [2.24, 2.45) is 0 Å². The second kappa shape index (κ2) is 11.0. The lowest BCUT2D eigenvalue weighted by molar-refractivity contribution is -0.117. The van der Waals surface area contributed by atoms with Crippen molar-refractivity contribution in [1.82, 2.24) is 4.90 Å². The van der Waals surface area contributed by atoms with E-state index in [0.717, 1.165) is 53.9 Å². The summed E-state index contributed by atoms with van der Waals surface area (Å²) < 4.78 is 17.8. The van der Waals surface area contributed by atoms with Gasteiger partial charge in [0.2, 0.25) is 0 Å². The van der Waals surface area contributed by atoms with Crippen molar-refractivity contribution in [3.8, 4) is 17.2 Å². The molecule has 3 aromatic carbocycles. The van der Waals surface area contributed by atoms with Gasteiger partial charge >= 0.3 is 5.63 Å². The molecule has 0 atom stereocenters. The molecule has 2 heterocycles.